The number of rotatable bonds is 4. The number of para-hydroxylation sites is 1. The van der Waals surface area contributed by atoms with Crippen LogP contribution in [-0.2, 0) is 0 Å². The third-order valence-electron chi connectivity index (χ3n) is 5.23. The van der Waals surface area contributed by atoms with E-state index in [1.54, 1.807) is 24.5 Å². The Bertz CT molecular complexity index is 1070. The van der Waals surface area contributed by atoms with Crippen molar-refractivity contribution in [1.29, 1.82) is 0 Å². The molecule has 6 nitrogen and oxygen atoms in total. The van der Waals surface area contributed by atoms with Gasteiger partial charge in [0.1, 0.15) is 5.75 Å². The van der Waals surface area contributed by atoms with E-state index in [1.165, 1.54) is 0 Å². The lowest BCUT2D eigenvalue weighted by molar-refractivity contribution is -0.0214. The Morgan fingerprint density at radius 1 is 1.17 bits per heavy atom. The fraction of sp³-hybridized carbons (Fsp3) is 0.217. The summed E-state index contributed by atoms with van der Waals surface area (Å²) < 4.78 is 12.3. The van der Waals surface area contributed by atoms with Crippen molar-refractivity contribution in [3.63, 3.8) is 0 Å². The summed E-state index contributed by atoms with van der Waals surface area (Å²) in [7, 11) is 0. The fourth-order valence-corrected chi connectivity index (χ4v) is 3.95. The number of nitrogens with zero attached hydrogens (tertiary/aromatic N) is 3. The number of hydrogen-bond donors (Lipinski definition) is 1. The predicted octanol–water partition coefficient (Wildman–Crippen LogP) is 4.43. The van der Waals surface area contributed by atoms with Crippen LogP contribution in [0.3, 0.4) is 0 Å². The minimum atomic E-state index is -0.405. The molecular formula is C23H21N3O3. The third kappa shape index (κ3) is 3.06. The van der Waals surface area contributed by atoms with Crippen LogP contribution in [0.15, 0.2) is 72.1 Å². The summed E-state index contributed by atoms with van der Waals surface area (Å²) >= 11 is 0. The highest BCUT2D eigenvalue weighted by Crippen LogP contribution is 2.50. The number of ether oxygens (including phenoxy) is 2. The molecule has 29 heavy (non-hydrogen) atoms. The molecule has 2 aromatic carbocycles. The Morgan fingerprint density at radius 2 is 2.07 bits per heavy atom. The number of hydrogen-bond acceptors (Lipinski definition) is 6. The molecule has 0 aliphatic carbocycles. The Labute approximate surface area is 169 Å². The summed E-state index contributed by atoms with van der Waals surface area (Å²) in [6, 6.07) is 17.1. The number of aromatic nitrogens is 1. The van der Waals surface area contributed by atoms with Crippen molar-refractivity contribution in [3.8, 4) is 17.2 Å². The number of benzene rings is 2. The number of hydrazone groups is 1. The van der Waals surface area contributed by atoms with Gasteiger partial charge in [0.2, 0.25) is 6.23 Å². The van der Waals surface area contributed by atoms with Gasteiger partial charge in [-0.05, 0) is 31.2 Å². The second kappa shape index (κ2) is 7.13. The molecule has 3 heterocycles. The van der Waals surface area contributed by atoms with Gasteiger partial charge in [-0.15, -0.1) is 0 Å². The summed E-state index contributed by atoms with van der Waals surface area (Å²) in [6.07, 6.45) is 3.86. The van der Waals surface area contributed by atoms with Gasteiger partial charge in [0.05, 0.1) is 18.4 Å². The lowest BCUT2D eigenvalue weighted by Gasteiger charge is -2.38. The smallest absolute Gasteiger partial charge is 0.215 e. The van der Waals surface area contributed by atoms with E-state index < -0.39 is 6.23 Å². The minimum absolute atomic E-state index is 0.0155. The van der Waals surface area contributed by atoms with E-state index in [-0.39, 0.29) is 11.8 Å². The Morgan fingerprint density at radius 3 is 2.86 bits per heavy atom. The number of phenols is 1. The molecule has 0 radical (unpaired) electrons. The van der Waals surface area contributed by atoms with Crippen molar-refractivity contribution < 1.29 is 14.6 Å². The van der Waals surface area contributed by atoms with Crippen LogP contribution in [0.1, 0.15) is 42.3 Å². The second-order valence-electron chi connectivity index (χ2n) is 7.06. The number of fused-ring (bicyclic) bond motifs is 3. The van der Waals surface area contributed by atoms with Gasteiger partial charge in [-0.2, -0.15) is 5.10 Å². The molecule has 3 aromatic rings. The first kappa shape index (κ1) is 17.6. The largest absolute Gasteiger partial charge is 0.508 e. The topological polar surface area (TPSA) is 67.2 Å². The zero-order valence-electron chi connectivity index (χ0n) is 16.0. The monoisotopic (exact) mass is 387 g/mol. The standard InChI is InChI=1S/C23H21N3O3/c1-2-28-21-10-4-9-18-20-13-19(15-6-3-8-17(27)12-15)25-26(20)23(29-22(18)21)16-7-5-11-24-14-16/h3-12,14,20,23,27H,2,13H2,1H3/t20-,23-/m0/s1. The first-order valence-electron chi connectivity index (χ1n) is 9.72. The number of pyridine rings is 1. The van der Waals surface area contributed by atoms with Crippen LogP contribution in [0.2, 0.25) is 0 Å². The molecule has 1 aromatic heterocycles. The molecule has 2 aliphatic heterocycles. The van der Waals surface area contributed by atoms with Crippen molar-refractivity contribution in [2.45, 2.75) is 25.6 Å². The predicted molar refractivity (Wildman–Crippen MR) is 109 cm³/mol. The van der Waals surface area contributed by atoms with Crippen LogP contribution in [0.5, 0.6) is 17.2 Å². The van der Waals surface area contributed by atoms with Crippen LogP contribution in [0.25, 0.3) is 0 Å². The molecule has 5 rings (SSSR count). The van der Waals surface area contributed by atoms with E-state index in [1.807, 2.05) is 48.3 Å². The highest BCUT2D eigenvalue weighted by Gasteiger charge is 2.42. The average Bonchev–Trinajstić information content (AvgIpc) is 3.20. The van der Waals surface area contributed by atoms with Crippen LogP contribution in [0, 0.1) is 0 Å². The van der Waals surface area contributed by atoms with Gasteiger partial charge in [-0.1, -0.05) is 30.3 Å². The zero-order chi connectivity index (χ0) is 19.8. The average molecular weight is 387 g/mol. The van der Waals surface area contributed by atoms with E-state index in [2.05, 4.69) is 11.1 Å². The zero-order valence-corrected chi connectivity index (χ0v) is 16.0. The van der Waals surface area contributed by atoms with Gasteiger partial charge in [0.25, 0.3) is 0 Å². The van der Waals surface area contributed by atoms with Crippen LogP contribution in [0.4, 0.5) is 0 Å². The highest BCUT2D eigenvalue weighted by molar-refractivity contribution is 6.02. The molecular weight excluding hydrogens is 366 g/mol. The summed E-state index contributed by atoms with van der Waals surface area (Å²) in [5.74, 6) is 1.73. The van der Waals surface area contributed by atoms with E-state index in [4.69, 9.17) is 14.6 Å². The van der Waals surface area contributed by atoms with Crippen molar-refractivity contribution in [2.75, 3.05) is 6.61 Å². The summed E-state index contributed by atoms with van der Waals surface area (Å²) in [6.45, 7) is 2.53. The van der Waals surface area contributed by atoms with Gasteiger partial charge in [-0.25, -0.2) is 5.01 Å². The lowest BCUT2D eigenvalue weighted by Crippen LogP contribution is -2.34. The molecule has 6 heteroatoms. The van der Waals surface area contributed by atoms with Gasteiger partial charge < -0.3 is 14.6 Å². The first-order chi connectivity index (χ1) is 14.2. The molecule has 2 aliphatic rings. The van der Waals surface area contributed by atoms with E-state index >= 15 is 0 Å². The van der Waals surface area contributed by atoms with Crippen molar-refractivity contribution >= 4 is 5.71 Å². The van der Waals surface area contributed by atoms with E-state index in [0.29, 0.717) is 13.0 Å². The summed E-state index contributed by atoms with van der Waals surface area (Å²) in [5.41, 5.74) is 3.80. The van der Waals surface area contributed by atoms with Crippen LogP contribution in [-0.4, -0.2) is 27.4 Å². The van der Waals surface area contributed by atoms with Gasteiger partial charge in [0, 0.05) is 35.5 Å². The maximum atomic E-state index is 9.90. The Balaban J connectivity index is 1.61. The van der Waals surface area contributed by atoms with Crippen molar-refractivity contribution in [3.05, 3.63) is 83.7 Å². The number of aromatic hydroxyl groups is 1. The highest BCUT2D eigenvalue weighted by atomic mass is 16.5. The third-order valence-corrected chi connectivity index (χ3v) is 5.23. The molecule has 0 unspecified atom stereocenters. The quantitative estimate of drug-likeness (QED) is 0.717. The van der Waals surface area contributed by atoms with Crippen LogP contribution >= 0.6 is 0 Å². The summed E-state index contributed by atoms with van der Waals surface area (Å²) in [4.78, 5) is 4.26. The lowest BCUT2D eigenvalue weighted by atomic mass is 9.95. The summed E-state index contributed by atoms with van der Waals surface area (Å²) in [5, 5.41) is 16.8. The molecule has 0 bridgehead atoms. The minimum Gasteiger partial charge on any atom is -0.508 e. The molecule has 0 fully saturated rings. The van der Waals surface area contributed by atoms with Crippen molar-refractivity contribution in [1.82, 2.24) is 9.99 Å². The first-order valence-corrected chi connectivity index (χ1v) is 9.72. The molecule has 146 valence electrons. The maximum absolute atomic E-state index is 9.90. The van der Waals surface area contributed by atoms with E-state index in [0.717, 1.165) is 33.9 Å². The molecule has 0 spiro atoms. The fourth-order valence-electron chi connectivity index (χ4n) is 3.95. The molecule has 0 saturated heterocycles. The SMILES string of the molecule is CCOc1cccc2c1O[C@@H](c1cccnc1)N1N=C(c3cccc(O)c3)C[C@@H]21. The molecule has 0 amide bonds. The van der Waals surface area contributed by atoms with Gasteiger partial charge in [-0.3, -0.25) is 4.98 Å². The molecule has 2 atom stereocenters. The normalized spacial score (nSPS) is 19.8. The second-order valence-corrected chi connectivity index (χ2v) is 7.06. The van der Waals surface area contributed by atoms with Crippen LogP contribution < -0.4 is 9.47 Å². The molecule has 0 saturated carbocycles. The van der Waals surface area contributed by atoms with Gasteiger partial charge >= 0.3 is 0 Å². The van der Waals surface area contributed by atoms with E-state index in [9.17, 15) is 5.11 Å². The maximum Gasteiger partial charge on any atom is 0.215 e. The molecule has 1 N–H and O–H groups in total. The Kier molecular flexibility index (Phi) is 4.31. The number of phenolic OH excluding ortho intramolecular Hbond substituents is 1. The Hall–Kier alpha value is -3.54. The van der Waals surface area contributed by atoms with Crippen molar-refractivity contribution in [2.24, 2.45) is 5.10 Å². The van der Waals surface area contributed by atoms with Gasteiger partial charge in [0.15, 0.2) is 11.5 Å².